The Balaban J connectivity index is 2.31. The first-order valence-electron chi connectivity index (χ1n) is 5.70. The summed E-state index contributed by atoms with van der Waals surface area (Å²) in [7, 11) is 1.65. The number of piperidine rings is 1. The molecule has 1 aromatic heterocycles. The standard InChI is InChI=1S/C11H14ClN3O3/c1-18-8-3-2-6-14(7-8)11-9(15(16)17)4-5-10(12)13-11/h4-5,8H,2-3,6-7H2,1H3. The fourth-order valence-corrected chi connectivity index (χ4v) is 2.26. The first-order chi connectivity index (χ1) is 8.61. The number of nitro groups is 1. The van der Waals surface area contributed by atoms with Gasteiger partial charge in [0.25, 0.3) is 0 Å². The Kier molecular flexibility index (Phi) is 3.98. The van der Waals surface area contributed by atoms with Gasteiger partial charge in [-0.2, -0.15) is 0 Å². The molecule has 1 unspecified atom stereocenters. The van der Waals surface area contributed by atoms with Crippen LogP contribution < -0.4 is 4.90 Å². The highest BCUT2D eigenvalue weighted by atomic mass is 35.5. The van der Waals surface area contributed by atoms with Gasteiger partial charge in [-0.3, -0.25) is 10.1 Å². The van der Waals surface area contributed by atoms with Gasteiger partial charge < -0.3 is 9.64 Å². The normalized spacial score (nSPS) is 19.9. The van der Waals surface area contributed by atoms with E-state index in [1.807, 2.05) is 4.90 Å². The van der Waals surface area contributed by atoms with Crippen molar-refractivity contribution in [1.82, 2.24) is 4.98 Å². The van der Waals surface area contributed by atoms with Gasteiger partial charge in [0.1, 0.15) is 5.15 Å². The zero-order chi connectivity index (χ0) is 13.1. The summed E-state index contributed by atoms with van der Waals surface area (Å²) < 4.78 is 5.30. The lowest BCUT2D eigenvalue weighted by molar-refractivity contribution is -0.384. The molecule has 7 heteroatoms. The second kappa shape index (κ2) is 5.49. The summed E-state index contributed by atoms with van der Waals surface area (Å²) >= 11 is 5.82. The predicted molar refractivity (Wildman–Crippen MR) is 68.1 cm³/mol. The van der Waals surface area contributed by atoms with E-state index in [2.05, 4.69) is 4.98 Å². The summed E-state index contributed by atoms with van der Waals surface area (Å²) in [5.41, 5.74) is -0.0175. The molecule has 0 saturated carbocycles. The summed E-state index contributed by atoms with van der Waals surface area (Å²) in [6.07, 6.45) is 1.96. The molecule has 0 spiro atoms. The lowest BCUT2D eigenvalue weighted by atomic mass is 10.1. The number of halogens is 1. The number of rotatable bonds is 3. The topological polar surface area (TPSA) is 68.5 Å². The molecular weight excluding hydrogens is 258 g/mol. The maximum Gasteiger partial charge on any atom is 0.311 e. The molecule has 2 heterocycles. The Hall–Kier alpha value is -1.40. The van der Waals surface area contributed by atoms with Gasteiger partial charge in [0, 0.05) is 26.3 Å². The number of anilines is 1. The van der Waals surface area contributed by atoms with E-state index < -0.39 is 4.92 Å². The molecule has 18 heavy (non-hydrogen) atoms. The predicted octanol–water partition coefficient (Wildman–Crippen LogP) is 2.26. The summed E-state index contributed by atoms with van der Waals surface area (Å²) in [5, 5.41) is 11.3. The van der Waals surface area contributed by atoms with Gasteiger partial charge in [0.2, 0.25) is 5.82 Å². The van der Waals surface area contributed by atoms with E-state index in [0.717, 1.165) is 19.4 Å². The minimum absolute atomic E-state index is 0.0175. The monoisotopic (exact) mass is 271 g/mol. The number of methoxy groups -OCH3 is 1. The zero-order valence-electron chi connectivity index (χ0n) is 10.0. The van der Waals surface area contributed by atoms with Crippen molar-refractivity contribution in [2.45, 2.75) is 18.9 Å². The number of hydrogen-bond acceptors (Lipinski definition) is 5. The molecular formula is C11H14ClN3O3. The Morgan fingerprint density at radius 1 is 1.61 bits per heavy atom. The molecule has 0 aromatic carbocycles. The smallest absolute Gasteiger partial charge is 0.311 e. The highest BCUT2D eigenvalue weighted by Crippen LogP contribution is 2.30. The maximum atomic E-state index is 11.0. The molecule has 1 saturated heterocycles. The van der Waals surface area contributed by atoms with Crippen LogP contribution in [0.1, 0.15) is 12.8 Å². The van der Waals surface area contributed by atoms with Crippen molar-refractivity contribution in [1.29, 1.82) is 0 Å². The third-order valence-electron chi connectivity index (χ3n) is 3.03. The Bertz CT molecular complexity index is 455. The summed E-state index contributed by atoms with van der Waals surface area (Å²) in [4.78, 5) is 16.5. The van der Waals surface area contributed by atoms with Crippen molar-refractivity contribution >= 4 is 23.1 Å². The first kappa shape index (κ1) is 13.0. The Morgan fingerprint density at radius 3 is 3.06 bits per heavy atom. The van der Waals surface area contributed by atoms with Crippen molar-refractivity contribution in [3.8, 4) is 0 Å². The molecule has 0 amide bonds. The van der Waals surface area contributed by atoms with Crippen LogP contribution in [0, 0.1) is 10.1 Å². The van der Waals surface area contributed by atoms with Crippen LogP contribution in [0.2, 0.25) is 5.15 Å². The summed E-state index contributed by atoms with van der Waals surface area (Å²) in [6, 6.07) is 2.82. The quantitative estimate of drug-likeness (QED) is 0.479. The highest BCUT2D eigenvalue weighted by molar-refractivity contribution is 6.29. The van der Waals surface area contributed by atoms with Crippen LogP contribution in [-0.2, 0) is 4.74 Å². The van der Waals surface area contributed by atoms with E-state index in [1.54, 1.807) is 7.11 Å². The molecule has 1 aliphatic rings. The van der Waals surface area contributed by atoms with Crippen molar-refractivity contribution in [2.75, 3.05) is 25.1 Å². The minimum atomic E-state index is -0.435. The van der Waals surface area contributed by atoms with Crippen molar-refractivity contribution < 1.29 is 9.66 Å². The van der Waals surface area contributed by atoms with Crippen LogP contribution in [0.5, 0.6) is 0 Å². The summed E-state index contributed by atoms with van der Waals surface area (Å²) in [6.45, 7) is 1.33. The summed E-state index contributed by atoms with van der Waals surface area (Å²) in [5.74, 6) is 0.328. The largest absolute Gasteiger partial charge is 0.380 e. The number of ether oxygens (including phenoxy) is 1. The van der Waals surface area contributed by atoms with Gasteiger partial charge in [0.15, 0.2) is 0 Å². The van der Waals surface area contributed by atoms with Crippen LogP contribution in [0.15, 0.2) is 12.1 Å². The van der Waals surface area contributed by atoms with Gasteiger partial charge >= 0.3 is 5.69 Å². The van der Waals surface area contributed by atoms with Gasteiger partial charge in [-0.05, 0) is 18.9 Å². The number of pyridine rings is 1. The fourth-order valence-electron chi connectivity index (χ4n) is 2.12. The average Bonchev–Trinajstić information content (AvgIpc) is 2.38. The van der Waals surface area contributed by atoms with E-state index in [9.17, 15) is 10.1 Å². The number of nitrogens with zero attached hydrogens (tertiary/aromatic N) is 3. The van der Waals surface area contributed by atoms with E-state index >= 15 is 0 Å². The molecule has 1 atom stereocenters. The molecule has 1 fully saturated rings. The minimum Gasteiger partial charge on any atom is -0.380 e. The second-order valence-corrected chi connectivity index (χ2v) is 4.57. The molecule has 0 N–H and O–H groups in total. The van der Waals surface area contributed by atoms with Crippen LogP contribution in [-0.4, -0.2) is 36.2 Å². The lowest BCUT2D eigenvalue weighted by Gasteiger charge is -2.32. The van der Waals surface area contributed by atoms with E-state index in [1.165, 1.54) is 12.1 Å². The van der Waals surface area contributed by atoms with Crippen LogP contribution in [0.4, 0.5) is 11.5 Å². The maximum absolute atomic E-state index is 11.0. The van der Waals surface area contributed by atoms with E-state index in [-0.39, 0.29) is 16.9 Å². The van der Waals surface area contributed by atoms with Crippen molar-refractivity contribution in [3.63, 3.8) is 0 Å². The average molecular weight is 272 g/mol. The third-order valence-corrected chi connectivity index (χ3v) is 3.24. The Labute approximate surface area is 110 Å². The molecule has 1 aromatic rings. The molecule has 1 aliphatic heterocycles. The van der Waals surface area contributed by atoms with Crippen molar-refractivity contribution in [3.05, 3.63) is 27.4 Å². The van der Waals surface area contributed by atoms with Gasteiger partial charge in [-0.1, -0.05) is 11.6 Å². The molecule has 0 bridgehead atoms. The number of hydrogen-bond donors (Lipinski definition) is 0. The van der Waals surface area contributed by atoms with Crippen molar-refractivity contribution in [2.24, 2.45) is 0 Å². The second-order valence-electron chi connectivity index (χ2n) is 4.18. The number of aromatic nitrogens is 1. The fraction of sp³-hybridized carbons (Fsp3) is 0.545. The molecule has 6 nitrogen and oxygen atoms in total. The lowest BCUT2D eigenvalue weighted by Crippen LogP contribution is -2.40. The van der Waals surface area contributed by atoms with Gasteiger partial charge in [-0.15, -0.1) is 0 Å². The highest BCUT2D eigenvalue weighted by Gasteiger charge is 2.26. The third kappa shape index (κ3) is 2.70. The SMILES string of the molecule is COC1CCCN(c2nc(Cl)ccc2[N+](=O)[O-])C1. The van der Waals surface area contributed by atoms with Crippen LogP contribution >= 0.6 is 11.6 Å². The molecule has 0 radical (unpaired) electrons. The van der Waals surface area contributed by atoms with Gasteiger partial charge in [0.05, 0.1) is 11.0 Å². The molecule has 0 aliphatic carbocycles. The van der Waals surface area contributed by atoms with Crippen LogP contribution in [0.3, 0.4) is 0 Å². The van der Waals surface area contributed by atoms with Crippen LogP contribution in [0.25, 0.3) is 0 Å². The first-order valence-corrected chi connectivity index (χ1v) is 6.08. The Morgan fingerprint density at radius 2 is 2.39 bits per heavy atom. The van der Waals surface area contributed by atoms with Gasteiger partial charge in [-0.25, -0.2) is 4.98 Å². The van der Waals surface area contributed by atoms with E-state index in [4.69, 9.17) is 16.3 Å². The zero-order valence-corrected chi connectivity index (χ0v) is 10.8. The van der Waals surface area contributed by atoms with E-state index in [0.29, 0.717) is 12.4 Å². The molecule has 2 rings (SSSR count). The molecule has 98 valence electrons.